The summed E-state index contributed by atoms with van der Waals surface area (Å²) in [5, 5.41) is 4.73. The maximum absolute atomic E-state index is 5.61. The lowest BCUT2D eigenvalue weighted by molar-refractivity contribution is 0.294. The van der Waals surface area contributed by atoms with E-state index in [1.807, 2.05) is 0 Å². The number of aromatic nitrogens is 1. The monoisotopic (exact) mass is 286 g/mol. The van der Waals surface area contributed by atoms with E-state index in [9.17, 15) is 0 Å². The van der Waals surface area contributed by atoms with Crippen LogP contribution < -0.4 is 5.32 Å². The summed E-state index contributed by atoms with van der Waals surface area (Å²) in [4.78, 5) is 1.09. The van der Waals surface area contributed by atoms with E-state index in [4.69, 9.17) is 12.2 Å². The van der Waals surface area contributed by atoms with Gasteiger partial charge in [-0.15, -0.1) is 0 Å². The third-order valence-electron chi connectivity index (χ3n) is 4.79. The van der Waals surface area contributed by atoms with E-state index in [1.54, 1.807) is 0 Å². The number of nitrogens with one attached hydrogen (secondary N) is 1. The van der Waals surface area contributed by atoms with Crippen molar-refractivity contribution in [1.82, 2.24) is 9.88 Å². The van der Waals surface area contributed by atoms with Gasteiger partial charge < -0.3 is 9.88 Å². The summed E-state index contributed by atoms with van der Waals surface area (Å²) in [7, 11) is 0. The average molecular weight is 286 g/mol. The highest BCUT2D eigenvalue weighted by Gasteiger charge is 2.34. The van der Waals surface area contributed by atoms with Crippen molar-refractivity contribution in [3.8, 4) is 0 Å². The topological polar surface area (TPSA) is 17.0 Å². The van der Waals surface area contributed by atoms with Crippen molar-refractivity contribution >= 4 is 28.1 Å². The first-order valence-corrected chi connectivity index (χ1v) is 7.98. The van der Waals surface area contributed by atoms with Gasteiger partial charge in [0.1, 0.15) is 0 Å². The summed E-state index contributed by atoms with van der Waals surface area (Å²) in [6, 6.07) is 10.8. The summed E-state index contributed by atoms with van der Waals surface area (Å²) in [6.45, 7) is 4.36. The lowest BCUT2D eigenvalue weighted by atomic mass is 9.75. The molecule has 2 nitrogen and oxygen atoms in total. The van der Waals surface area contributed by atoms with E-state index in [2.05, 4.69) is 53.3 Å². The molecule has 0 amide bonds. The van der Waals surface area contributed by atoms with Gasteiger partial charge >= 0.3 is 0 Å². The molecule has 1 fully saturated rings. The Morgan fingerprint density at radius 1 is 1.30 bits per heavy atom. The fourth-order valence-corrected chi connectivity index (χ4v) is 3.80. The largest absolute Gasteiger partial charge is 0.379 e. The van der Waals surface area contributed by atoms with Gasteiger partial charge in [-0.1, -0.05) is 37.3 Å². The van der Waals surface area contributed by atoms with Gasteiger partial charge in [-0.3, -0.25) is 0 Å². The zero-order valence-corrected chi connectivity index (χ0v) is 12.9. The van der Waals surface area contributed by atoms with Crippen LogP contribution in [0.2, 0.25) is 0 Å². The maximum atomic E-state index is 5.61. The molecule has 1 atom stereocenters. The molecule has 20 heavy (non-hydrogen) atoms. The van der Waals surface area contributed by atoms with Crippen LogP contribution in [-0.2, 0) is 6.54 Å². The van der Waals surface area contributed by atoms with E-state index in [0.29, 0.717) is 0 Å². The van der Waals surface area contributed by atoms with E-state index >= 15 is 0 Å². The smallest absolute Gasteiger partial charge is 0.0816 e. The predicted octanol–water partition coefficient (Wildman–Crippen LogP) is 4.14. The number of hydrogen-bond donors (Lipinski definition) is 1. The summed E-state index contributed by atoms with van der Waals surface area (Å²) >= 11 is 5.61. The van der Waals surface area contributed by atoms with Gasteiger partial charge in [-0.2, -0.15) is 0 Å². The van der Waals surface area contributed by atoms with E-state index in [1.165, 1.54) is 23.7 Å². The number of para-hydroxylation sites is 1. The van der Waals surface area contributed by atoms with Gasteiger partial charge in [0.2, 0.25) is 0 Å². The summed E-state index contributed by atoms with van der Waals surface area (Å²) in [6.07, 6.45) is 6.94. The van der Waals surface area contributed by atoms with Gasteiger partial charge in [0, 0.05) is 30.2 Å². The van der Waals surface area contributed by atoms with Crippen LogP contribution >= 0.6 is 12.2 Å². The van der Waals surface area contributed by atoms with E-state index < -0.39 is 0 Å². The Kier molecular flexibility index (Phi) is 3.79. The Labute approximate surface area is 126 Å². The molecule has 1 aliphatic rings. The molecule has 106 valence electrons. The molecule has 1 saturated heterocycles. The van der Waals surface area contributed by atoms with Crippen LogP contribution in [0.4, 0.5) is 0 Å². The van der Waals surface area contributed by atoms with Crippen molar-refractivity contribution in [2.45, 2.75) is 39.2 Å². The molecule has 0 bridgehead atoms. The predicted molar refractivity (Wildman–Crippen MR) is 89.1 cm³/mol. The van der Waals surface area contributed by atoms with Gasteiger partial charge in [0.25, 0.3) is 0 Å². The third-order valence-corrected chi connectivity index (χ3v) is 5.36. The lowest BCUT2D eigenvalue weighted by Gasteiger charge is -2.38. The minimum Gasteiger partial charge on any atom is -0.379 e. The second-order valence-corrected chi connectivity index (χ2v) is 6.22. The number of rotatable bonds is 4. The molecule has 0 radical (unpaired) electrons. The van der Waals surface area contributed by atoms with Gasteiger partial charge in [-0.25, -0.2) is 0 Å². The van der Waals surface area contributed by atoms with Crippen LogP contribution in [-0.4, -0.2) is 16.1 Å². The number of piperidine rings is 1. The number of fused-ring (bicyclic) bond motifs is 1. The molecule has 2 aromatic rings. The Balaban J connectivity index is 1.79. The first-order valence-electron chi connectivity index (χ1n) is 7.57. The average Bonchev–Trinajstić information content (AvgIpc) is 2.90. The molecule has 1 N–H and O–H groups in total. The molecular weight excluding hydrogens is 264 g/mol. The molecule has 1 aliphatic heterocycles. The second-order valence-electron chi connectivity index (χ2n) is 5.81. The normalized spacial score (nSPS) is 22.9. The molecule has 0 aliphatic carbocycles. The fraction of sp³-hybridized carbons (Fsp3) is 0.471. The lowest BCUT2D eigenvalue weighted by Crippen LogP contribution is -2.44. The summed E-state index contributed by atoms with van der Waals surface area (Å²) in [5.41, 5.74) is 1.53. The number of nitrogens with zero attached hydrogens (tertiary/aromatic N) is 1. The molecule has 0 spiro atoms. The highest BCUT2D eigenvalue weighted by molar-refractivity contribution is 7.80. The number of hydrogen-bond acceptors (Lipinski definition) is 1. The Morgan fingerprint density at radius 3 is 2.95 bits per heavy atom. The third kappa shape index (κ3) is 2.35. The van der Waals surface area contributed by atoms with Crippen LogP contribution in [0.5, 0.6) is 0 Å². The Hall–Kier alpha value is -1.35. The quantitative estimate of drug-likeness (QED) is 0.851. The highest BCUT2D eigenvalue weighted by Crippen LogP contribution is 2.36. The summed E-state index contributed by atoms with van der Waals surface area (Å²) < 4.78 is 2.37. The molecule has 3 rings (SSSR count). The van der Waals surface area contributed by atoms with Crippen LogP contribution in [0.15, 0.2) is 36.5 Å². The van der Waals surface area contributed by atoms with E-state index in [0.717, 1.165) is 30.9 Å². The van der Waals surface area contributed by atoms with Crippen LogP contribution in [0.3, 0.4) is 0 Å². The highest BCUT2D eigenvalue weighted by atomic mass is 32.1. The molecule has 1 aromatic carbocycles. The van der Waals surface area contributed by atoms with E-state index in [-0.39, 0.29) is 5.41 Å². The van der Waals surface area contributed by atoms with Gasteiger partial charge in [0.15, 0.2) is 0 Å². The zero-order chi connectivity index (χ0) is 14.0. The van der Waals surface area contributed by atoms with Crippen molar-refractivity contribution in [2.24, 2.45) is 5.41 Å². The van der Waals surface area contributed by atoms with Gasteiger partial charge in [0.05, 0.1) is 4.99 Å². The van der Waals surface area contributed by atoms with Crippen LogP contribution in [0.25, 0.3) is 10.9 Å². The standard InChI is InChI=1S/C17H22N2S/c1-2-17(9-5-11-18-16(17)20)10-13-19-12-8-14-6-3-4-7-15(14)19/h3-4,6-8,12H,2,5,9-11,13H2,1H3,(H,18,20). The summed E-state index contributed by atoms with van der Waals surface area (Å²) in [5.74, 6) is 0. The second kappa shape index (κ2) is 5.57. The molecule has 3 heteroatoms. The van der Waals surface area contributed by atoms with Gasteiger partial charge in [-0.05, 0) is 43.2 Å². The number of aryl methyl sites for hydroxylation is 1. The van der Waals surface area contributed by atoms with Crippen molar-refractivity contribution in [3.05, 3.63) is 36.5 Å². The molecule has 1 unspecified atom stereocenters. The van der Waals surface area contributed by atoms with Crippen molar-refractivity contribution in [3.63, 3.8) is 0 Å². The number of thiocarbonyl (C=S) groups is 1. The minimum atomic E-state index is 0.207. The Morgan fingerprint density at radius 2 is 2.15 bits per heavy atom. The fourth-order valence-electron chi connectivity index (χ4n) is 3.35. The maximum Gasteiger partial charge on any atom is 0.0816 e. The molecule has 1 aromatic heterocycles. The molecular formula is C17H22N2S. The van der Waals surface area contributed by atoms with Crippen LogP contribution in [0, 0.1) is 5.41 Å². The van der Waals surface area contributed by atoms with Crippen molar-refractivity contribution in [1.29, 1.82) is 0 Å². The van der Waals surface area contributed by atoms with Crippen molar-refractivity contribution < 1.29 is 0 Å². The SMILES string of the molecule is CCC1(CCn2ccc3ccccc32)CCCNC1=S. The Bertz CT molecular complexity index is 616. The number of benzene rings is 1. The van der Waals surface area contributed by atoms with Crippen molar-refractivity contribution in [2.75, 3.05) is 6.54 Å². The molecule has 2 heterocycles. The first-order chi connectivity index (χ1) is 9.75. The van der Waals surface area contributed by atoms with Crippen LogP contribution in [0.1, 0.15) is 32.6 Å². The minimum absolute atomic E-state index is 0.207. The zero-order valence-electron chi connectivity index (χ0n) is 12.1. The first kappa shape index (κ1) is 13.6. The molecule has 0 saturated carbocycles.